The summed E-state index contributed by atoms with van der Waals surface area (Å²) in [5.41, 5.74) is 3.54. The average molecular weight is 160 g/mol. The first-order chi connectivity index (χ1) is 5.66. The Hall–Kier alpha value is -1.24. The Labute approximate surface area is 72.0 Å². The second kappa shape index (κ2) is 2.37. The lowest BCUT2D eigenvalue weighted by Crippen LogP contribution is -1.76. The van der Waals surface area contributed by atoms with Crippen LogP contribution < -0.4 is 0 Å². The summed E-state index contributed by atoms with van der Waals surface area (Å²) >= 11 is 0. The molecule has 1 aromatic heterocycles. The quantitative estimate of drug-likeness (QED) is 0.576. The second-order valence-electron chi connectivity index (χ2n) is 3.36. The second-order valence-corrected chi connectivity index (χ2v) is 3.36. The summed E-state index contributed by atoms with van der Waals surface area (Å²) in [5, 5.41) is 1.21. The Balaban J connectivity index is 2.88. The number of hydrogen-bond acceptors (Lipinski definition) is 1. The van der Waals surface area contributed by atoms with Crippen molar-refractivity contribution in [2.24, 2.45) is 0 Å². The first-order valence-electron chi connectivity index (χ1n) is 4.14. The number of aryl methyl sites for hydroxylation is 3. The molecule has 0 unspecified atom stereocenters. The lowest BCUT2D eigenvalue weighted by atomic mass is 10.1. The van der Waals surface area contributed by atoms with E-state index in [-0.39, 0.29) is 0 Å². The van der Waals surface area contributed by atoms with Gasteiger partial charge in [-0.25, -0.2) is 0 Å². The normalized spacial score (nSPS) is 10.9. The van der Waals surface area contributed by atoms with Gasteiger partial charge in [0.15, 0.2) is 0 Å². The molecule has 1 heterocycles. The molecule has 0 saturated heterocycles. The largest absolute Gasteiger partial charge is 0.461 e. The molecule has 0 amide bonds. The Morgan fingerprint density at radius 3 is 2.50 bits per heavy atom. The van der Waals surface area contributed by atoms with Gasteiger partial charge in [0.25, 0.3) is 0 Å². The van der Waals surface area contributed by atoms with Crippen molar-refractivity contribution in [3.63, 3.8) is 0 Å². The number of rotatable bonds is 0. The molecular formula is C11H12O. The molecule has 0 aliphatic heterocycles. The summed E-state index contributed by atoms with van der Waals surface area (Å²) in [6.07, 6.45) is 0. The van der Waals surface area contributed by atoms with Gasteiger partial charge < -0.3 is 4.42 Å². The Morgan fingerprint density at radius 2 is 1.75 bits per heavy atom. The van der Waals surface area contributed by atoms with Gasteiger partial charge in [-0.3, -0.25) is 0 Å². The zero-order chi connectivity index (χ0) is 8.72. The van der Waals surface area contributed by atoms with Crippen LogP contribution in [0.5, 0.6) is 0 Å². The van der Waals surface area contributed by atoms with Gasteiger partial charge in [0, 0.05) is 5.39 Å². The first-order valence-corrected chi connectivity index (χ1v) is 4.14. The predicted molar refractivity (Wildman–Crippen MR) is 50.4 cm³/mol. The van der Waals surface area contributed by atoms with Crippen molar-refractivity contribution in [3.05, 3.63) is 35.1 Å². The van der Waals surface area contributed by atoms with Gasteiger partial charge in [0.05, 0.1) is 0 Å². The molecule has 0 spiro atoms. The highest BCUT2D eigenvalue weighted by molar-refractivity contribution is 5.81. The van der Waals surface area contributed by atoms with Gasteiger partial charge in [-0.2, -0.15) is 0 Å². The number of benzene rings is 1. The van der Waals surface area contributed by atoms with Crippen LogP contribution in [0, 0.1) is 20.8 Å². The van der Waals surface area contributed by atoms with E-state index in [0.29, 0.717) is 0 Å². The number of furan rings is 1. The van der Waals surface area contributed by atoms with Crippen LogP contribution in [0.15, 0.2) is 22.6 Å². The number of fused-ring (bicyclic) bond motifs is 1. The van der Waals surface area contributed by atoms with Crippen LogP contribution in [0.2, 0.25) is 0 Å². The topological polar surface area (TPSA) is 13.1 Å². The zero-order valence-corrected chi connectivity index (χ0v) is 7.64. The third-order valence-electron chi connectivity index (χ3n) is 2.07. The third-order valence-corrected chi connectivity index (χ3v) is 2.07. The highest BCUT2D eigenvalue weighted by atomic mass is 16.3. The monoisotopic (exact) mass is 160 g/mol. The summed E-state index contributed by atoms with van der Waals surface area (Å²) in [4.78, 5) is 0. The van der Waals surface area contributed by atoms with E-state index in [1.807, 2.05) is 6.92 Å². The van der Waals surface area contributed by atoms with Crippen molar-refractivity contribution in [3.8, 4) is 0 Å². The minimum Gasteiger partial charge on any atom is -0.461 e. The molecule has 1 nitrogen and oxygen atoms in total. The molecule has 0 aliphatic rings. The molecular weight excluding hydrogens is 148 g/mol. The van der Waals surface area contributed by atoms with E-state index in [1.165, 1.54) is 16.5 Å². The summed E-state index contributed by atoms with van der Waals surface area (Å²) in [5.74, 6) is 0.985. The number of hydrogen-bond donors (Lipinski definition) is 0. The van der Waals surface area contributed by atoms with Crippen LogP contribution in [0.25, 0.3) is 11.0 Å². The summed E-state index contributed by atoms with van der Waals surface area (Å²) in [7, 11) is 0. The van der Waals surface area contributed by atoms with E-state index in [4.69, 9.17) is 4.42 Å². The molecule has 0 fully saturated rings. The van der Waals surface area contributed by atoms with Crippen LogP contribution in [-0.2, 0) is 0 Å². The highest BCUT2D eigenvalue weighted by Crippen LogP contribution is 2.23. The van der Waals surface area contributed by atoms with Gasteiger partial charge in [0.2, 0.25) is 0 Å². The average Bonchev–Trinajstić information content (AvgIpc) is 2.29. The fraction of sp³-hybridized carbons (Fsp3) is 0.273. The van der Waals surface area contributed by atoms with Crippen molar-refractivity contribution in [1.82, 2.24) is 0 Å². The molecule has 0 N–H and O–H groups in total. The summed E-state index contributed by atoms with van der Waals surface area (Å²) in [6.45, 7) is 6.17. The maximum Gasteiger partial charge on any atom is 0.137 e. The third kappa shape index (κ3) is 1.02. The smallest absolute Gasteiger partial charge is 0.137 e. The maximum absolute atomic E-state index is 5.55. The Bertz CT molecular complexity index is 424. The van der Waals surface area contributed by atoms with Gasteiger partial charge in [-0.15, -0.1) is 0 Å². The van der Waals surface area contributed by atoms with Crippen LogP contribution in [-0.4, -0.2) is 0 Å². The zero-order valence-electron chi connectivity index (χ0n) is 7.64. The van der Waals surface area contributed by atoms with E-state index in [9.17, 15) is 0 Å². The molecule has 0 atom stereocenters. The molecule has 0 aliphatic carbocycles. The van der Waals surface area contributed by atoms with Crippen molar-refractivity contribution < 1.29 is 4.42 Å². The van der Waals surface area contributed by atoms with Crippen LogP contribution in [0.4, 0.5) is 0 Å². The van der Waals surface area contributed by atoms with Gasteiger partial charge in [0.1, 0.15) is 11.3 Å². The van der Waals surface area contributed by atoms with Gasteiger partial charge in [-0.05, 0) is 38.5 Å². The minimum atomic E-state index is 0.985. The molecule has 2 aromatic rings. The lowest BCUT2D eigenvalue weighted by molar-refractivity contribution is 0.576. The van der Waals surface area contributed by atoms with E-state index in [0.717, 1.165) is 11.3 Å². The van der Waals surface area contributed by atoms with Gasteiger partial charge in [-0.1, -0.05) is 11.6 Å². The Kier molecular flexibility index (Phi) is 1.47. The predicted octanol–water partition coefficient (Wildman–Crippen LogP) is 3.36. The van der Waals surface area contributed by atoms with E-state index in [1.54, 1.807) is 0 Å². The molecule has 12 heavy (non-hydrogen) atoms. The maximum atomic E-state index is 5.55. The minimum absolute atomic E-state index is 0.985. The van der Waals surface area contributed by atoms with E-state index >= 15 is 0 Å². The summed E-state index contributed by atoms with van der Waals surface area (Å²) < 4.78 is 5.55. The Morgan fingerprint density at radius 1 is 1.00 bits per heavy atom. The van der Waals surface area contributed by atoms with E-state index in [2.05, 4.69) is 32.0 Å². The first kappa shape index (κ1) is 7.41. The molecule has 0 radical (unpaired) electrons. The van der Waals surface area contributed by atoms with Crippen molar-refractivity contribution in [2.75, 3.05) is 0 Å². The lowest BCUT2D eigenvalue weighted by Gasteiger charge is -1.96. The van der Waals surface area contributed by atoms with Crippen molar-refractivity contribution in [2.45, 2.75) is 20.8 Å². The van der Waals surface area contributed by atoms with Crippen LogP contribution in [0.3, 0.4) is 0 Å². The fourth-order valence-corrected chi connectivity index (χ4v) is 1.64. The van der Waals surface area contributed by atoms with Crippen molar-refractivity contribution >= 4 is 11.0 Å². The van der Waals surface area contributed by atoms with Crippen molar-refractivity contribution in [1.29, 1.82) is 0 Å². The molecule has 1 aromatic carbocycles. The fourth-order valence-electron chi connectivity index (χ4n) is 1.64. The molecule has 0 bridgehead atoms. The standard InChI is InChI=1S/C11H12O/c1-7-4-8(2)11-10(5-7)6-9(3)12-11/h4-6H,1-3H3. The van der Waals surface area contributed by atoms with Gasteiger partial charge >= 0.3 is 0 Å². The highest BCUT2D eigenvalue weighted by Gasteiger charge is 2.03. The van der Waals surface area contributed by atoms with Crippen LogP contribution in [0.1, 0.15) is 16.9 Å². The summed E-state index contributed by atoms with van der Waals surface area (Å²) in [6, 6.07) is 6.37. The van der Waals surface area contributed by atoms with Crippen LogP contribution >= 0.6 is 0 Å². The molecule has 2 rings (SSSR count). The molecule has 62 valence electrons. The molecule has 1 heteroatoms. The SMILES string of the molecule is Cc1cc(C)c2oc(C)cc2c1. The van der Waals surface area contributed by atoms with E-state index < -0.39 is 0 Å². The molecule has 0 saturated carbocycles.